The fourth-order valence-electron chi connectivity index (χ4n) is 2.36. The van der Waals surface area contributed by atoms with E-state index in [1.807, 2.05) is 30.3 Å². The van der Waals surface area contributed by atoms with Crippen LogP contribution in [0, 0.1) is 5.92 Å². The quantitative estimate of drug-likeness (QED) is 0.840. The Morgan fingerprint density at radius 3 is 2.60 bits per heavy atom. The predicted octanol–water partition coefficient (Wildman–Crippen LogP) is 1.84. The molecule has 2 rings (SSSR count). The molecule has 3 N–H and O–H groups in total. The summed E-state index contributed by atoms with van der Waals surface area (Å²) in [5.41, 5.74) is 6.61. The van der Waals surface area contributed by atoms with Crippen LogP contribution in [0.1, 0.15) is 27.2 Å². The molecule has 20 heavy (non-hydrogen) atoms. The van der Waals surface area contributed by atoms with Crippen LogP contribution in [-0.4, -0.2) is 32.3 Å². The second kappa shape index (κ2) is 6.00. The number of hydrogen-bond acceptors (Lipinski definition) is 5. The van der Waals surface area contributed by atoms with E-state index < -0.39 is 0 Å². The number of anilines is 1. The standard InChI is InChI=1S/C14H22N6/c1-11(2)9-14(3,10-15)16-13-17-18-19-20(13)12-7-5-4-6-8-12/h4-8,11H,9-10,15H2,1-3H3,(H,16,17,19). The summed E-state index contributed by atoms with van der Waals surface area (Å²) >= 11 is 0. The first-order valence-corrected chi connectivity index (χ1v) is 6.86. The van der Waals surface area contributed by atoms with Crippen LogP contribution in [0.25, 0.3) is 5.69 Å². The Morgan fingerprint density at radius 1 is 1.30 bits per heavy atom. The number of para-hydroxylation sites is 1. The maximum absolute atomic E-state index is 5.92. The van der Waals surface area contributed by atoms with Gasteiger partial charge in [0.2, 0.25) is 5.95 Å². The molecule has 1 unspecified atom stereocenters. The van der Waals surface area contributed by atoms with E-state index in [0.29, 0.717) is 18.4 Å². The minimum Gasteiger partial charge on any atom is -0.346 e. The Labute approximate surface area is 119 Å². The normalized spacial score (nSPS) is 14.2. The maximum Gasteiger partial charge on any atom is 0.248 e. The molecule has 0 aliphatic carbocycles. The molecule has 0 aliphatic rings. The smallest absolute Gasteiger partial charge is 0.248 e. The van der Waals surface area contributed by atoms with Crippen molar-refractivity contribution < 1.29 is 0 Å². The van der Waals surface area contributed by atoms with Gasteiger partial charge in [-0.3, -0.25) is 0 Å². The highest BCUT2D eigenvalue weighted by molar-refractivity contribution is 5.40. The fourth-order valence-corrected chi connectivity index (χ4v) is 2.36. The van der Waals surface area contributed by atoms with Crippen molar-refractivity contribution in [1.29, 1.82) is 0 Å². The lowest BCUT2D eigenvalue weighted by atomic mass is 9.91. The van der Waals surface area contributed by atoms with Gasteiger partial charge in [0, 0.05) is 12.1 Å². The molecule has 0 amide bonds. The van der Waals surface area contributed by atoms with Crippen LogP contribution >= 0.6 is 0 Å². The molecule has 1 heterocycles. The minimum atomic E-state index is -0.227. The Bertz CT molecular complexity index is 536. The van der Waals surface area contributed by atoms with Gasteiger partial charge in [0.15, 0.2) is 0 Å². The number of benzene rings is 1. The monoisotopic (exact) mass is 274 g/mol. The fraction of sp³-hybridized carbons (Fsp3) is 0.500. The van der Waals surface area contributed by atoms with Crippen molar-refractivity contribution in [2.45, 2.75) is 32.7 Å². The van der Waals surface area contributed by atoms with Crippen molar-refractivity contribution in [3.8, 4) is 5.69 Å². The first-order valence-electron chi connectivity index (χ1n) is 6.86. The van der Waals surface area contributed by atoms with Crippen molar-refractivity contribution in [2.24, 2.45) is 11.7 Å². The third kappa shape index (κ3) is 3.33. The summed E-state index contributed by atoms with van der Waals surface area (Å²) in [6, 6.07) is 9.80. The Morgan fingerprint density at radius 2 is 2.00 bits per heavy atom. The zero-order valence-electron chi connectivity index (χ0n) is 12.2. The molecule has 1 aromatic heterocycles. The number of nitrogens with one attached hydrogen (secondary N) is 1. The molecule has 0 saturated heterocycles. The van der Waals surface area contributed by atoms with Gasteiger partial charge in [0.1, 0.15) is 0 Å². The number of aromatic nitrogens is 4. The predicted molar refractivity (Wildman–Crippen MR) is 79.7 cm³/mol. The highest BCUT2D eigenvalue weighted by atomic mass is 15.6. The lowest BCUT2D eigenvalue weighted by Gasteiger charge is -2.31. The summed E-state index contributed by atoms with van der Waals surface area (Å²) in [5.74, 6) is 1.15. The average Bonchev–Trinajstić information content (AvgIpc) is 2.86. The van der Waals surface area contributed by atoms with Crippen molar-refractivity contribution in [3.05, 3.63) is 30.3 Å². The summed E-state index contributed by atoms with van der Waals surface area (Å²) in [6.45, 7) is 6.97. The summed E-state index contributed by atoms with van der Waals surface area (Å²) in [5, 5.41) is 15.2. The number of tetrazole rings is 1. The summed E-state index contributed by atoms with van der Waals surface area (Å²) in [7, 11) is 0. The van der Waals surface area contributed by atoms with E-state index in [9.17, 15) is 0 Å². The molecule has 2 aromatic rings. The molecule has 0 saturated carbocycles. The largest absolute Gasteiger partial charge is 0.346 e. The minimum absolute atomic E-state index is 0.227. The molecule has 1 atom stereocenters. The third-order valence-corrected chi connectivity index (χ3v) is 3.19. The van der Waals surface area contributed by atoms with E-state index in [2.05, 4.69) is 41.6 Å². The van der Waals surface area contributed by atoms with Gasteiger partial charge in [0.05, 0.1) is 5.69 Å². The lowest BCUT2D eigenvalue weighted by Crippen LogP contribution is -2.44. The molecule has 108 valence electrons. The summed E-state index contributed by atoms with van der Waals surface area (Å²) in [4.78, 5) is 0. The van der Waals surface area contributed by atoms with Gasteiger partial charge < -0.3 is 11.1 Å². The molecule has 0 radical (unpaired) electrons. The van der Waals surface area contributed by atoms with Crippen LogP contribution < -0.4 is 11.1 Å². The Kier molecular flexibility index (Phi) is 4.34. The van der Waals surface area contributed by atoms with Crippen LogP contribution in [0.2, 0.25) is 0 Å². The van der Waals surface area contributed by atoms with E-state index in [1.54, 1.807) is 4.68 Å². The molecule has 6 nitrogen and oxygen atoms in total. The van der Waals surface area contributed by atoms with Crippen molar-refractivity contribution in [1.82, 2.24) is 20.2 Å². The van der Waals surface area contributed by atoms with Crippen LogP contribution in [0.5, 0.6) is 0 Å². The van der Waals surface area contributed by atoms with Gasteiger partial charge in [0.25, 0.3) is 0 Å². The molecular formula is C14H22N6. The lowest BCUT2D eigenvalue weighted by molar-refractivity contribution is 0.404. The van der Waals surface area contributed by atoms with Gasteiger partial charge in [-0.1, -0.05) is 37.1 Å². The maximum atomic E-state index is 5.92. The molecular weight excluding hydrogens is 252 g/mol. The number of rotatable bonds is 6. The van der Waals surface area contributed by atoms with Crippen LogP contribution in [-0.2, 0) is 0 Å². The van der Waals surface area contributed by atoms with Crippen molar-refractivity contribution in [3.63, 3.8) is 0 Å². The molecule has 0 spiro atoms. The van der Waals surface area contributed by atoms with Crippen LogP contribution in [0.4, 0.5) is 5.95 Å². The van der Waals surface area contributed by atoms with Gasteiger partial charge in [-0.15, -0.1) is 0 Å². The Hall–Kier alpha value is -1.95. The summed E-state index contributed by atoms with van der Waals surface area (Å²) in [6.07, 6.45) is 0.950. The zero-order valence-corrected chi connectivity index (χ0v) is 12.2. The zero-order chi connectivity index (χ0) is 14.6. The molecule has 6 heteroatoms. The van der Waals surface area contributed by atoms with Gasteiger partial charge in [-0.05, 0) is 41.8 Å². The first-order chi connectivity index (χ1) is 9.54. The second-order valence-corrected chi connectivity index (χ2v) is 5.74. The number of hydrogen-bond donors (Lipinski definition) is 2. The van der Waals surface area contributed by atoms with E-state index in [4.69, 9.17) is 5.73 Å². The van der Waals surface area contributed by atoms with Gasteiger partial charge in [-0.25, -0.2) is 0 Å². The highest BCUT2D eigenvalue weighted by Gasteiger charge is 2.26. The third-order valence-electron chi connectivity index (χ3n) is 3.19. The number of nitrogens with zero attached hydrogens (tertiary/aromatic N) is 4. The second-order valence-electron chi connectivity index (χ2n) is 5.74. The van der Waals surface area contributed by atoms with E-state index in [1.165, 1.54) is 0 Å². The molecule has 1 aromatic carbocycles. The van der Waals surface area contributed by atoms with Crippen LogP contribution in [0.15, 0.2) is 30.3 Å². The SMILES string of the molecule is CC(C)CC(C)(CN)Nc1nnnn1-c1ccccc1. The molecule has 0 fully saturated rings. The van der Waals surface area contributed by atoms with E-state index in [0.717, 1.165) is 12.1 Å². The first kappa shape index (κ1) is 14.5. The topological polar surface area (TPSA) is 81.7 Å². The summed E-state index contributed by atoms with van der Waals surface area (Å²) < 4.78 is 1.69. The van der Waals surface area contributed by atoms with Crippen molar-refractivity contribution >= 4 is 5.95 Å². The van der Waals surface area contributed by atoms with E-state index in [-0.39, 0.29) is 5.54 Å². The van der Waals surface area contributed by atoms with Gasteiger partial charge in [-0.2, -0.15) is 4.68 Å². The van der Waals surface area contributed by atoms with Crippen LogP contribution in [0.3, 0.4) is 0 Å². The number of nitrogens with two attached hydrogens (primary N) is 1. The highest BCUT2D eigenvalue weighted by Crippen LogP contribution is 2.21. The van der Waals surface area contributed by atoms with Gasteiger partial charge >= 0.3 is 0 Å². The molecule has 0 aliphatic heterocycles. The van der Waals surface area contributed by atoms with Crippen molar-refractivity contribution in [2.75, 3.05) is 11.9 Å². The Balaban J connectivity index is 2.24. The molecule has 0 bridgehead atoms. The average molecular weight is 274 g/mol. The van der Waals surface area contributed by atoms with E-state index >= 15 is 0 Å².